The second kappa shape index (κ2) is 6.85. The minimum absolute atomic E-state index is 0.119. The molecule has 0 aliphatic carbocycles. The van der Waals surface area contributed by atoms with Gasteiger partial charge in [0, 0.05) is 16.6 Å². The van der Waals surface area contributed by atoms with Crippen LogP contribution in [0, 0.1) is 19.3 Å². The summed E-state index contributed by atoms with van der Waals surface area (Å²) in [6, 6.07) is 7.63. The summed E-state index contributed by atoms with van der Waals surface area (Å²) < 4.78 is 0. The van der Waals surface area contributed by atoms with Crippen LogP contribution in [0.15, 0.2) is 29.6 Å². The molecule has 0 atom stereocenters. The average Bonchev–Trinajstić information content (AvgIpc) is 2.86. The van der Waals surface area contributed by atoms with Gasteiger partial charge in [-0.1, -0.05) is 18.1 Å². The maximum Gasteiger partial charge on any atom is 0.238 e. The molecule has 1 aromatic carbocycles. The van der Waals surface area contributed by atoms with E-state index in [0.717, 1.165) is 22.0 Å². The first kappa shape index (κ1) is 14.3. The molecule has 102 valence electrons. The third-order valence-electron chi connectivity index (χ3n) is 2.57. The number of thiazole rings is 1. The molecule has 0 aliphatic heterocycles. The Hall–Kier alpha value is -2.16. The molecule has 0 saturated heterocycles. The van der Waals surface area contributed by atoms with E-state index in [2.05, 4.69) is 21.5 Å². The molecule has 0 spiro atoms. The van der Waals surface area contributed by atoms with Crippen LogP contribution in [0.4, 0.5) is 5.69 Å². The van der Waals surface area contributed by atoms with E-state index in [1.54, 1.807) is 11.3 Å². The highest BCUT2D eigenvalue weighted by Gasteiger charge is 2.05. The number of benzene rings is 1. The first-order valence-electron chi connectivity index (χ1n) is 6.15. The monoisotopic (exact) mass is 285 g/mol. The number of anilines is 1. The number of rotatable bonds is 5. The minimum Gasteiger partial charge on any atom is -0.325 e. The fourth-order valence-electron chi connectivity index (χ4n) is 1.71. The van der Waals surface area contributed by atoms with Gasteiger partial charge in [0.2, 0.25) is 5.91 Å². The van der Waals surface area contributed by atoms with Crippen LogP contribution in [0.25, 0.3) is 11.3 Å². The molecule has 2 rings (SSSR count). The fraction of sp³-hybridized carbons (Fsp3) is 0.200. The number of carbonyl (C=O) groups excluding carboxylic acids is 1. The lowest BCUT2D eigenvalue weighted by Gasteiger charge is -2.06. The minimum atomic E-state index is -0.119. The molecule has 1 heterocycles. The van der Waals surface area contributed by atoms with Crippen LogP contribution in [0.3, 0.4) is 0 Å². The Kier molecular flexibility index (Phi) is 4.88. The molecule has 2 N–H and O–H groups in total. The van der Waals surface area contributed by atoms with Crippen molar-refractivity contribution in [2.24, 2.45) is 0 Å². The molecule has 0 saturated carbocycles. The van der Waals surface area contributed by atoms with Gasteiger partial charge in [0.1, 0.15) is 0 Å². The summed E-state index contributed by atoms with van der Waals surface area (Å²) in [6.07, 6.45) is 5.10. The van der Waals surface area contributed by atoms with Gasteiger partial charge in [0.25, 0.3) is 0 Å². The van der Waals surface area contributed by atoms with E-state index in [-0.39, 0.29) is 12.5 Å². The lowest BCUT2D eigenvalue weighted by atomic mass is 10.1. The van der Waals surface area contributed by atoms with Crippen LogP contribution in [-0.2, 0) is 4.79 Å². The third kappa shape index (κ3) is 3.92. The number of hydrogen-bond acceptors (Lipinski definition) is 4. The molecule has 0 unspecified atom stereocenters. The first-order valence-corrected chi connectivity index (χ1v) is 7.03. The molecule has 20 heavy (non-hydrogen) atoms. The maximum atomic E-state index is 11.7. The van der Waals surface area contributed by atoms with Gasteiger partial charge in [-0.3, -0.25) is 10.1 Å². The highest BCUT2D eigenvalue weighted by molar-refractivity contribution is 7.09. The van der Waals surface area contributed by atoms with Gasteiger partial charge in [-0.2, -0.15) is 0 Å². The van der Waals surface area contributed by atoms with Crippen molar-refractivity contribution >= 4 is 22.9 Å². The SMILES string of the molecule is C#CCNCC(=O)Nc1cccc(-c2csc(C)n2)c1. The lowest BCUT2D eigenvalue weighted by Crippen LogP contribution is -2.28. The van der Waals surface area contributed by atoms with E-state index < -0.39 is 0 Å². The number of hydrogen-bond donors (Lipinski definition) is 2. The zero-order valence-electron chi connectivity index (χ0n) is 11.1. The van der Waals surface area contributed by atoms with Gasteiger partial charge >= 0.3 is 0 Å². The maximum absolute atomic E-state index is 11.7. The smallest absolute Gasteiger partial charge is 0.238 e. The number of aromatic nitrogens is 1. The van der Waals surface area contributed by atoms with E-state index in [1.165, 1.54) is 0 Å². The Morgan fingerprint density at radius 2 is 2.35 bits per heavy atom. The summed E-state index contributed by atoms with van der Waals surface area (Å²) >= 11 is 1.61. The Labute approximate surface area is 122 Å². The van der Waals surface area contributed by atoms with Crippen molar-refractivity contribution in [1.82, 2.24) is 10.3 Å². The van der Waals surface area contributed by atoms with Gasteiger partial charge in [-0.25, -0.2) is 4.98 Å². The van der Waals surface area contributed by atoms with Crippen LogP contribution >= 0.6 is 11.3 Å². The number of nitrogens with zero attached hydrogens (tertiary/aromatic N) is 1. The van der Waals surface area contributed by atoms with Crippen molar-refractivity contribution < 1.29 is 4.79 Å². The summed E-state index contributed by atoms with van der Waals surface area (Å²) in [5.41, 5.74) is 2.67. The molecule has 1 aromatic heterocycles. The molecule has 0 aliphatic rings. The molecule has 5 heteroatoms. The molecule has 2 aromatic rings. The summed E-state index contributed by atoms with van der Waals surface area (Å²) in [6.45, 7) is 2.55. The second-order valence-corrected chi connectivity index (χ2v) is 5.25. The summed E-state index contributed by atoms with van der Waals surface area (Å²) in [4.78, 5) is 16.1. The van der Waals surface area contributed by atoms with Crippen LogP contribution in [0.5, 0.6) is 0 Å². The zero-order valence-corrected chi connectivity index (χ0v) is 12.0. The van der Waals surface area contributed by atoms with Crippen molar-refractivity contribution in [1.29, 1.82) is 0 Å². The summed E-state index contributed by atoms with van der Waals surface area (Å²) in [7, 11) is 0. The Morgan fingerprint density at radius 1 is 1.50 bits per heavy atom. The number of nitrogens with one attached hydrogen (secondary N) is 2. The van der Waals surface area contributed by atoms with Gasteiger partial charge in [-0.05, 0) is 19.1 Å². The Morgan fingerprint density at radius 3 is 3.05 bits per heavy atom. The predicted molar refractivity (Wildman–Crippen MR) is 82.6 cm³/mol. The van der Waals surface area contributed by atoms with Crippen molar-refractivity contribution in [2.75, 3.05) is 18.4 Å². The molecule has 0 bridgehead atoms. The largest absolute Gasteiger partial charge is 0.325 e. The van der Waals surface area contributed by atoms with Crippen LogP contribution in [-0.4, -0.2) is 24.0 Å². The van der Waals surface area contributed by atoms with Gasteiger partial charge in [0.15, 0.2) is 0 Å². The normalized spacial score (nSPS) is 10.0. The number of terminal acetylenes is 1. The van der Waals surface area contributed by atoms with Gasteiger partial charge < -0.3 is 5.32 Å². The van der Waals surface area contributed by atoms with E-state index >= 15 is 0 Å². The molecule has 0 fully saturated rings. The van der Waals surface area contributed by atoms with Crippen LogP contribution < -0.4 is 10.6 Å². The highest BCUT2D eigenvalue weighted by atomic mass is 32.1. The first-order chi connectivity index (χ1) is 9.69. The Bertz CT molecular complexity index is 643. The highest BCUT2D eigenvalue weighted by Crippen LogP contribution is 2.24. The van der Waals surface area contributed by atoms with Crippen molar-refractivity contribution in [2.45, 2.75) is 6.92 Å². The predicted octanol–water partition coefficient (Wildman–Crippen LogP) is 2.28. The molecule has 0 radical (unpaired) electrons. The molecule has 1 amide bonds. The van der Waals surface area contributed by atoms with Gasteiger partial charge in [-0.15, -0.1) is 17.8 Å². The fourth-order valence-corrected chi connectivity index (χ4v) is 2.33. The standard InChI is InChI=1S/C15H15N3OS/c1-3-7-16-9-15(19)18-13-6-4-5-12(8-13)14-10-20-11(2)17-14/h1,4-6,8,10,16H,7,9H2,2H3,(H,18,19). The Balaban J connectivity index is 2.03. The number of aryl methyl sites for hydroxylation is 1. The number of carbonyl (C=O) groups is 1. The van der Waals surface area contributed by atoms with Crippen molar-refractivity contribution in [3.63, 3.8) is 0 Å². The third-order valence-corrected chi connectivity index (χ3v) is 3.35. The average molecular weight is 285 g/mol. The van der Waals surface area contributed by atoms with Crippen LogP contribution in [0.1, 0.15) is 5.01 Å². The topological polar surface area (TPSA) is 54.0 Å². The number of amides is 1. The van der Waals surface area contributed by atoms with Gasteiger partial charge in [0.05, 0.1) is 23.8 Å². The van der Waals surface area contributed by atoms with Crippen molar-refractivity contribution in [3.05, 3.63) is 34.7 Å². The van der Waals surface area contributed by atoms with Crippen molar-refractivity contribution in [3.8, 4) is 23.6 Å². The van der Waals surface area contributed by atoms with E-state index in [0.29, 0.717) is 6.54 Å². The molecule has 4 nitrogen and oxygen atoms in total. The molecular formula is C15H15N3OS. The lowest BCUT2D eigenvalue weighted by molar-refractivity contribution is -0.115. The second-order valence-electron chi connectivity index (χ2n) is 4.19. The van der Waals surface area contributed by atoms with E-state index in [9.17, 15) is 4.79 Å². The summed E-state index contributed by atoms with van der Waals surface area (Å²) in [5, 5.41) is 8.70. The summed E-state index contributed by atoms with van der Waals surface area (Å²) in [5.74, 6) is 2.30. The van der Waals surface area contributed by atoms with Crippen LogP contribution in [0.2, 0.25) is 0 Å². The van der Waals surface area contributed by atoms with E-state index in [1.807, 2.05) is 36.6 Å². The zero-order chi connectivity index (χ0) is 14.4. The van der Waals surface area contributed by atoms with E-state index in [4.69, 9.17) is 6.42 Å². The molecular weight excluding hydrogens is 270 g/mol. The quantitative estimate of drug-likeness (QED) is 0.654.